The second kappa shape index (κ2) is 7.11. The van der Waals surface area contributed by atoms with Crippen molar-refractivity contribution >= 4 is 24.5 Å². The first-order valence-corrected chi connectivity index (χ1v) is 4.95. The second-order valence-electron chi connectivity index (χ2n) is 2.84. The minimum absolute atomic E-state index is 0.197. The molecule has 84 valence electrons. The molecular formula is C10H15NO3S. The van der Waals surface area contributed by atoms with Gasteiger partial charge in [-0.05, 0) is 17.9 Å². The third kappa shape index (κ3) is 5.96. The van der Waals surface area contributed by atoms with Crippen LogP contribution in [0.2, 0.25) is 0 Å². The molecule has 0 heterocycles. The molecule has 0 aromatic rings. The standard InChI is InChI=1S/C10H15NO3S/c1-4-5-10(7-15)6-11(8(2)12)14-9(3)13/h4-5,7,15H,6H2,1-3H3/b5-4-,10-7+. The zero-order valence-corrected chi connectivity index (χ0v) is 9.95. The van der Waals surface area contributed by atoms with E-state index in [0.717, 1.165) is 10.6 Å². The smallest absolute Gasteiger partial charge is 0.329 e. The second-order valence-corrected chi connectivity index (χ2v) is 3.10. The van der Waals surface area contributed by atoms with Crippen LogP contribution < -0.4 is 0 Å². The number of hydrogen-bond donors (Lipinski definition) is 1. The highest BCUT2D eigenvalue weighted by atomic mass is 32.1. The number of thiol groups is 1. The van der Waals surface area contributed by atoms with Crippen molar-refractivity contribution in [3.8, 4) is 0 Å². The van der Waals surface area contributed by atoms with Crippen LogP contribution >= 0.6 is 12.6 Å². The zero-order valence-electron chi connectivity index (χ0n) is 9.06. The Morgan fingerprint density at radius 3 is 2.33 bits per heavy atom. The van der Waals surface area contributed by atoms with Crippen molar-refractivity contribution in [3.63, 3.8) is 0 Å². The van der Waals surface area contributed by atoms with Crippen molar-refractivity contribution in [2.24, 2.45) is 0 Å². The maximum absolute atomic E-state index is 11.1. The van der Waals surface area contributed by atoms with Crippen molar-refractivity contribution in [1.82, 2.24) is 5.06 Å². The molecule has 5 heteroatoms. The molecule has 0 unspecified atom stereocenters. The molecule has 0 aromatic heterocycles. The van der Waals surface area contributed by atoms with Crippen LogP contribution in [-0.4, -0.2) is 23.5 Å². The van der Waals surface area contributed by atoms with E-state index in [-0.39, 0.29) is 12.5 Å². The van der Waals surface area contributed by atoms with Gasteiger partial charge in [0.25, 0.3) is 5.91 Å². The van der Waals surface area contributed by atoms with E-state index in [9.17, 15) is 9.59 Å². The highest BCUT2D eigenvalue weighted by molar-refractivity contribution is 7.83. The molecular weight excluding hydrogens is 214 g/mol. The van der Waals surface area contributed by atoms with Gasteiger partial charge in [0.1, 0.15) is 0 Å². The Hall–Kier alpha value is -1.23. The van der Waals surface area contributed by atoms with E-state index in [4.69, 9.17) is 4.84 Å². The van der Waals surface area contributed by atoms with Crippen LogP contribution in [0.5, 0.6) is 0 Å². The Labute approximate surface area is 95.0 Å². The van der Waals surface area contributed by atoms with Crippen molar-refractivity contribution < 1.29 is 14.4 Å². The van der Waals surface area contributed by atoms with Crippen molar-refractivity contribution in [2.45, 2.75) is 20.8 Å². The number of carbonyl (C=O) groups excluding carboxylic acids is 2. The molecule has 0 bridgehead atoms. The molecule has 0 aliphatic carbocycles. The summed E-state index contributed by atoms with van der Waals surface area (Å²) in [5, 5.41) is 2.55. The molecule has 0 aliphatic rings. The summed E-state index contributed by atoms with van der Waals surface area (Å²) in [7, 11) is 0. The minimum atomic E-state index is -0.524. The molecule has 1 amide bonds. The molecule has 15 heavy (non-hydrogen) atoms. The first-order valence-electron chi connectivity index (χ1n) is 4.43. The van der Waals surface area contributed by atoms with E-state index in [1.807, 2.05) is 13.0 Å². The number of nitrogens with zero attached hydrogens (tertiary/aromatic N) is 1. The predicted molar refractivity (Wildman–Crippen MR) is 61.0 cm³/mol. The summed E-state index contributed by atoms with van der Waals surface area (Å²) in [6.45, 7) is 4.62. The van der Waals surface area contributed by atoms with Crippen LogP contribution in [0.15, 0.2) is 23.1 Å². The first kappa shape index (κ1) is 13.8. The highest BCUT2D eigenvalue weighted by Crippen LogP contribution is 2.04. The van der Waals surface area contributed by atoms with Gasteiger partial charge < -0.3 is 4.84 Å². The lowest BCUT2D eigenvalue weighted by Gasteiger charge is -2.18. The maximum atomic E-state index is 11.1. The number of amides is 1. The number of hydroxylamine groups is 2. The molecule has 0 aromatic carbocycles. The molecule has 4 nitrogen and oxygen atoms in total. The summed E-state index contributed by atoms with van der Waals surface area (Å²) in [4.78, 5) is 26.5. The van der Waals surface area contributed by atoms with Crippen molar-refractivity contribution in [1.29, 1.82) is 0 Å². The molecule has 0 spiro atoms. The number of hydrogen-bond acceptors (Lipinski definition) is 4. The van der Waals surface area contributed by atoms with Crippen LogP contribution in [-0.2, 0) is 14.4 Å². The van der Waals surface area contributed by atoms with Crippen molar-refractivity contribution in [3.05, 3.63) is 23.1 Å². The molecule has 0 N–H and O–H groups in total. The summed E-state index contributed by atoms with van der Waals surface area (Å²) in [6.07, 6.45) is 3.60. The van der Waals surface area contributed by atoms with Gasteiger partial charge in [-0.2, -0.15) is 17.7 Å². The number of carbonyl (C=O) groups is 2. The number of rotatable bonds is 3. The SMILES string of the molecule is C/C=C\C(=C/S)CN(OC(C)=O)C(C)=O. The van der Waals surface area contributed by atoms with Gasteiger partial charge in [-0.1, -0.05) is 12.2 Å². The quantitative estimate of drug-likeness (QED) is 0.455. The fourth-order valence-corrected chi connectivity index (χ4v) is 1.05. The van der Waals surface area contributed by atoms with E-state index in [2.05, 4.69) is 12.6 Å². The summed E-state index contributed by atoms with van der Waals surface area (Å²) in [6, 6.07) is 0. The zero-order chi connectivity index (χ0) is 11.8. The molecule has 0 radical (unpaired) electrons. The number of allylic oxidation sites excluding steroid dienone is 1. The van der Waals surface area contributed by atoms with E-state index >= 15 is 0 Å². The topological polar surface area (TPSA) is 46.6 Å². The van der Waals surface area contributed by atoms with E-state index < -0.39 is 5.97 Å². The summed E-state index contributed by atoms with van der Waals surface area (Å²) in [5.41, 5.74) is 0.775. The molecule has 0 atom stereocenters. The van der Waals surface area contributed by atoms with Gasteiger partial charge in [-0.25, -0.2) is 0 Å². The Morgan fingerprint density at radius 1 is 1.40 bits per heavy atom. The third-order valence-electron chi connectivity index (χ3n) is 1.46. The maximum Gasteiger partial charge on any atom is 0.329 e. The van der Waals surface area contributed by atoms with Gasteiger partial charge in [0.05, 0.1) is 6.54 Å². The van der Waals surface area contributed by atoms with Crippen molar-refractivity contribution in [2.75, 3.05) is 6.54 Å². The summed E-state index contributed by atoms with van der Waals surface area (Å²) < 4.78 is 0. The van der Waals surface area contributed by atoms with Gasteiger partial charge in [0.2, 0.25) is 0 Å². The molecule has 0 aliphatic heterocycles. The van der Waals surface area contributed by atoms with Crippen LogP contribution in [0, 0.1) is 0 Å². The monoisotopic (exact) mass is 229 g/mol. The average molecular weight is 229 g/mol. The Morgan fingerprint density at radius 2 is 2.00 bits per heavy atom. The Kier molecular flexibility index (Phi) is 6.53. The Bertz CT molecular complexity index is 297. The van der Waals surface area contributed by atoms with Gasteiger partial charge in [0, 0.05) is 13.8 Å². The van der Waals surface area contributed by atoms with E-state index in [1.165, 1.54) is 13.8 Å². The molecule has 0 rings (SSSR count). The summed E-state index contributed by atoms with van der Waals surface area (Å²) >= 11 is 3.99. The van der Waals surface area contributed by atoms with Gasteiger partial charge >= 0.3 is 5.97 Å². The molecule has 0 fully saturated rings. The lowest BCUT2D eigenvalue weighted by molar-refractivity contribution is -0.193. The average Bonchev–Trinajstić information content (AvgIpc) is 2.14. The molecule has 0 saturated heterocycles. The van der Waals surface area contributed by atoms with Crippen LogP contribution in [0.1, 0.15) is 20.8 Å². The summed E-state index contributed by atoms with van der Waals surface area (Å²) in [5.74, 6) is -0.855. The highest BCUT2D eigenvalue weighted by Gasteiger charge is 2.12. The van der Waals surface area contributed by atoms with E-state index in [0.29, 0.717) is 0 Å². The first-order chi connectivity index (χ1) is 7.01. The van der Waals surface area contributed by atoms with Crippen LogP contribution in [0.3, 0.4) is 0 Å². The molecule has 0 saturated carbocycles. The van der Waals surface area contributed by atoms with Crippen LogP contribution in [0.25, 0.3) is 0 Å². The normalized spacial score (nSPS) is 11.6. The van der Waals surface area contributed by atoms with Gasteiger partial charge in [-0.3, -0.25) is 9.59 Å². The van der Waals surface area contributed by atoms with E-state index in [1.54, 1.807) is 11.5 Å². The Balaban J connectivity index is 4.53. The van der Waals surface area contributed by atoms with Crippen LogP contribution in [0.4, 0.5) is 0 Å². The fourth-order valence-electron chi connectivity index (χ4n) is 0.880. The largest absolute Gasteiger partial charge is 0.338 e. The third-order valence-corrected chi connectivity index (χ3v) is 1.79. The predicted octanol–water partition coefficient (Wildman–Crippen LogP) is 1.70. The lowest BCUT2D eigenvalue weighted by Crippen LogP contribution is -2.32. The van der Waals surface area contributed by atoms with Gasteiger partial charge in [-0.15, -0.1) is 0 Å². The van der Waals surface area contributed by atoms with Gasteiger partial charge in [0.15, 0.2) is 0 Å². The minimum Gasteiger partial charge on any atom is -0.338 e. The fraction of sp³-hybridized carbons (Fsp3) is 0.400. The lowest BCUT2D eigenvalue weighted by atomic mass is 10.3.